The number of ether oxygens (including phenoxy) is 1. The third-order valence-electron chi connectivity index (χ3n) is 2.34. The van der Waals surface area contributed by atoms with Crippen molar-refractivity contribution < 1.29 is 14.9 Å². The molecule has 0 amide bonds. The maximum atomic E-state index is 9.80. The lowest BCUT2D eigenvalue weighted by Gasteiger charge is -2.21. The van der Waals surface area contributed by atoms with Gasteiger partial charge in [0.15, 0.2) is 11.5 Å². The third kappa shape index (κ3) is 1.08. The standard InChI is InChI=1S/C10H12O3/c1-10(2)9(12)6-4-3-5-7(11)8(6)13-10/h3-5,9,11-12H,1-2H3. The summed E-state index contributed by atoms with van der Waals surface area (Å²) >= 11 is 0. The van der Waals surface area contributed by atoms with Gasteiger partial charge in [-0.05, 0) is 19.9 Å². The largest absolute Gasteiger partial charge is 0.504 e. The highest BCUT2D eigenvalue weighted by molar-refractivity contribution is 5.50. The molecule has 2 N–H and O–H groups in total. The number of aliphatic hydroxyl groups excluding tert-OH is 1. The lowest BCUT2D eigenvalue weighted by Crippen LogP contribution is -2.29. The first-order chi connectivity index (χ1) is 6.02. The van der Waals surface area contributed by atoms with Crippen LogP contribution >= 0.6 is 0 Å². The number of aromatic hydroxyl groups is 1. The molecule has 70 valence electrons. The Labute approximate surface area is 76.6 Å². The molecule has 1 aromatic rings. The van der Waals surface area contributed by atoms with Crippen molar-refractivity contribution in [3.8, 4) is 11.5 Å². The highest BCUT2D eigenvalue weighted by Crippen LogP contribution is 2.47. The van der Waals surface area contributed by atoms with E-state index in [2.05, 4.69) is 0 Å². The number of phenolic OH excluding ortho intramolecular Hbond substituents is 1. The number of hydrogen-bond donors (Lipinski definition) is 2. The molecule has 13 heavy (non-hydrogen) atoms. The topological polar surface area (TPSA) is 49.7 Å². The van der Waals surface area contributed by atoms with Crippen LogP contribution in [0.25, 0.3) is 0 Å². The van der Waals surface area contributed by atoms with Crippen molar-refractivity contribution in [2.24, 2.45) is 0 Å². The van der Waals surface area contributed by atoms with Gasteiger partial charge in [-0.3, -0.25) is 0 Å². The molecule has 0 bridgehead atoms. The Balaban J connectivity index is 2.56. The molecule has 1 aliphatic heterocycles. The Hall–Kier alpha value is -1.22. The summed E-state index contributed by atoms with van der Waals surface area (Å²) in [5.74, 6) is 0.488. The van der Waals surface area contributed by atoms with Gasteiger partial charge in [-0.2, -0.15) is 0 Å². The van der Waals surface area contributed by atoms with Gasteiger partial charge >= 0.3 is 0 Å². The summed E-state index contributed by atoms with van der Waals surface area (Å²) in [6.45, 7) is 3.58. The molecule has 2 rings (SSSR count). The van der Waals surface area contributed by atoms with E-state index < -0.39 is 11.7 Å². The van der Waals surface area contributed by atoms with Crippen LogP contribution in [0.2, 0.25) is 0 Å². The number of para-hydroxylation sites is 1. The van der Waals surface area contributed by atoms with Crippen molar-refractivity contribution in [1.29, 1.82) is 0 Å². The summed E-state index contributed by atoms with van der Waals surface area (Å²) in [4.78, 5) is 0. The van der Waals surface area contributed by atoms with E-state index in [0.717, 1.165) is 0 Å². The van der Waals surface area contributed by atoms with Gasteiger partial charge < -0.3 is 14.9 Å². The molecule has 1 atom stereocenters. The van der Waals surface area contributed by atoms with Crippen LogP contribution in [0, 0.1) is 0 Å². The van der Waals surface area contributed by atoms with Crippen molar-refractivity contribution in [3.05, 3.63) is 23.8 Å². The summed E-state index contributed by atoms with van der Waals surface area (Å²) in [7, 11) is 0. The second kappa shape index (κ2) is 2.39. The van der Waals surface area contributed by atoms with Crippen LogP contribution in [0.1, 0.15) is 25.5 Å². The molecule has 1 heterocycles. The summed E-state index contributed by atoms with van der Waals surface area (Å²) in [6, 6.07) is 5.00. The minimum absolute atomic E-state index is 0.0853. The molecular formula is C10H12O3. The minimum Gasteiger partial charge on any atom is -0.504 e. The zero-order chi connectivity index (χ0) is 9.64. The van der Waals surface area contributed by atoms with Crippen molar-refractivity contribution in [2.75, 3.05) is 0 Å². The van der Waals surface area contributed by atoms with Crippen molar-refractivity contribution in [2.45, 2.75) is 25.6 Å². The zero-order valence-corrected chi connectivity index (χ0v) is 7.61. The number of rotatable bonds is 0. The second-order valence-corrected chi connectivity index (χ2v) is 3.80. The van der Waals surface area contributed by atoms with E-state index in [1.54, 1.807) is 32.0 Å². The van der Waals surface area contributed by atoms with Crippen molar-refractivity contribution >= 4 is 0 Å². The number of phenols is 1. The fourth-order valence-corrected chi connectivity index (χ4v) is 1.56. The van der Waals surface area contributed by atoms with Crippen LogP contribution in [0.5, 0.6) is 11.5 Å². The number of aliphatic hydroxyl groups is 1. The van der Waals surface area contributed by atoms with Gasteiger partial charge in [0.05, 0.1) is 0 Å². The summed E-state index contributed by atoms with van der Waals surface area (Å²) in [5.41, 5.74) is 0.00579. The predicted octanol–water partition coefficient (Wildman–Crippen LogP) is 1.60. The molecular weight excluding hydrogens is 168 g/mol. The second-order valence-electron chi connectivity index (χ2n) is 3.80. The van der Waals surface area contributed by atoms with Gasteiger partial charge in [0.25, 0.3) is 0 Å². The van der Waals surface area contributed by atoms with Crippen LogP contribution in [0.15, 0.2) is 18.2 Å². The van der Waals surface area contributed by atoms with E-state index >= 15 is 0 Å². The smallest absolute Gasteiger partial charge is 0.167 e. The molecule has 1 aromatic carbocycles. The van der Waals surface area contributed by atoms with E-state index in [-0.39, 0.29) is 5.75 Å². The molecule has 0 saturated heterocycles. The molecule has 1 unspecified atom stereocenters. The minimum atomic E-state index is -0.672. The molecule has 3 nitrogen and oxygen atoms in total. The van der Waals surface area contributed by atoms with Gasteiger partial charge in [0.1, 0.15) is 11.7 Å². The highest BCUT2D eigenvalue weighted by atomic mass is 16.5. The van der Waals surface area contributed by atoms with Crippen LogP contribution < -0.4 is 4.74 Å². The lowest BCUT2D eigenvalue weighted by molar-refractivity contribution is -0.000263. The van der Waals surface area contributed by atoms with Crippen LogP contribution in [0.4, 0.5) is 0 Å². The monoisotopic (exact) mass is 180 g/mol. The maximum Gasteiger partial charge on any atom is 0.167 e. The molecule has 1 aliphatic rings. The van der Waals surface area contributed by atoms with Crippen LogP contribution in [-0.2, 0) is 0 Å². The summed E-state index contributed by atoms with van der Waals surface area (Å²) < 4.78 is 5.44. The first-order valence-corrected chi connectivity index (χ1v) is 4.21. The van der Waals surface area contributed by atoms with Crippen LogP contribution in [-0.4, -0.2) is 15.8 Å². The molecule has 0 radical (unpaired) electrons. The van der Waals surface area contributed by atoms with Gasteiger partial charge in [-0.15, -0.1) is 0 Å². The normalized spacial score (nSPS) is 23.8. The first-order valence-electron chi connectivity index (χ1n) is 4.21. The fourth-order valence-electron chi connectivity index (χ4n) is 1.56. The van der Waals surface area contributed by atoms with E-state index in [1.165, 1.54) is 0 Å². The average Bonchev–Trinajstić information content (AvgIpc) is 2.28. The summed E-state index contributed by atoms with van der Waals surface area (Å²) in [5, 5.41) is 19.2. The maximum absolute atomic E-state index is 9.80. The van der Waals surface area contributed by atoms with Gasteiger partial charge in [-0.1, -0.05) is 12.1 Å². The van der Waals surface area contributed by atoms with Crippen molar-refractivity contribution in [1.82, 2.24) is 0 Å². The molecule has 0 aliphatic carbocycles. The zero-order valence-electron chi connectivity index (χ0n) is 7.61. The number of fused-ring (bicyclic) bond motifs is 1. The molecule has 3 heteroatoms. The van der Waals surface area contributed by atoms with Gasteiger partial charge in [0, 0.05) is 5.56 Å². The van der Waals surface area contributed by atoms with Crippen LogP contribution in [0.3, 0.4) is 0 Å². The predicted molar refractivity (Wildman–Crippen MR) is 47.8 cm³/mol. The molecule has 0 saturated carbocycles. The Bertz CT molecular complexity index is 344. The van der Waals surface area contributed by atoms with E-state index in [0.29, 0.717) is 11.3 Å². The molecule has 0 aromatic heterocycles. The average molecular weight is 180 g/mol. The molecule has 0 fully saturated rings. The molecule has 0 spiro atoms. The van der Waals surface area contributed by atoms with E-state index in [1.807, 2.05) is 0 Å². The lowest BCUT2D eigenvalue weighted by atomic mass is 9.98. The van der Waals surface area contributed by atoms with Crippen molar-refractivity contribution in [3.63, 3.8) is 0 Å². The quantitative estimate of drug-likeness (QED) is 0.637. The van der Waals surface area contributed by atoms with Gasteiger partial charge in [-0.25, -0.2) is 0 Å². The highest BCUT2D eigenvalue weighted by Gasteiger charge is 2.41. The Kier molecular flexibility index (Phi) is 1.54. The SMILES string of the molecule is CC1(C)Oc2c(O)cccc2C1O. The number of benzene rings is 1. The Morgan fingerprint density at radius 1 is 1.38 bits per heavy atom. The number of hydrogen-bond acceptors (Lipinski definition) is 3. The summed E-state index contributed by atoms with van der Waals surface area (Å²) in [6.07, 6.45) is -0.672. The van der Waals surface area contributed by atoms with E-state index in [4.69, 9.17) is 4.74 Å². The Morgan fingerprint density at radius 2 is 2.08 bits per heavy atom. The third-order valence-corrected chi connectivity index (χ3v) is 2.34. The van der Waals surface area contributed by atoms with Gasteiger partial charge in [0.2, 0.25) is 0 Å². The van der Waals surface area contributed by atoms with E-state index in [9.17, 15) is 10.2 Å². The first kappa shape index (κ1) is 8.38. The fraction of sp³-hybridized carbons (Fsp3) is 0.400. The Morgan fingerprint density at radius 3 is 2.69 bits per heavy atom.